The fourth-order valence-electron chi connectivity index (χ4n) is 0.796. The Morgan fingerprint density at radius 3 is 1.50 bits per heavy atom. The number of hydrogen-bond donors (Lipinski definition) is 0. The molecular formula is C8H3F6S2. The molecule has 0 aliphatic rings. The van der Waals surface area contributed by atoms with E-state index in [-0.39, 0.29) is 9.79 Å². The molecule has 0 fully saturated rings. The molecule has 1 aromatic carbocycles. The molecular weight excluding hydrogens is 274 g/mol. The number of thioether (sulfide) groups is 2. The van der Waals surface area contributed by atoms with Crippen LogP contribution < -0.4 is 0 Å². The van der Waals surface area contributed by atoms with Crippen LogP contribution >= 0.6 is 23.5 Å². The van der Waals surface area contributed by atoms with E-state index in [9.17, 15) is 26.3 Å². The first-order valence-electron chi connectivity index (χ1n) is 3.69. The summed E-state index contributed by atoms with van der Waals surface area (Å²) in [5.41, 5.74) is -9.06. The minimum Gasteiger partial charge on any atom is -0.160 e. The van der Waals surface area contributed by atoms with Gasteiger partial charge >= 0.3 is 11.0 Å². The minimum atomic E-state index is -4.53. The van der Waals surface area contributed by atoms with Gasteiger partial charge in [-0.25, -0.2) is 0 Å². The second kappa shape index (κ2) is 4.79. The van der Waals surface area contributed by atoms with Gasteiger partial charge in [-0.15, -0.1) is 0 Å². The average molecular weight is 277 g/mol. The molecule has 1 rings (SSSR count). The minimum absolute atomic E-state index is 0.387. The first-order chi connectivity index (χ1) is 7.16. The van der Waals surface area contributed by atoms with E-state index in [1.165, 1.54) is 0 Å². The van der Waals surface area contributed by atoms with Gasteiger partial charge in [0.2, 0.25) is 0 Å². The number of rotatable bonds is 2. The summed E-state index contributed by atoms with van der Waals surface area (Å²) in [6, 6.07) is 5.28. The molecule has 0 aliphatic heterocycles. The topological polar surface area (TPSA) is 0 Å². The molecule has 1 aromatic rings. The van der Waals surface area contributed by atoms with E-state index in [0.717, 1.165) is 18.2 Å². The van der Waals surface area contributed by atoms with Crippen LogP contribution in [0.25, 0.3) is 0 Å². The zero-order valence-corrected chi connectivity index (χ0v) is 8.95. The van der Waals surface area contributed by atoms with Crippen molar-refractivity contribution < 1.29 is 26.3 Å². The largest absolute Gasteiger partial charge is 0.446 e. The molecule has 0 N–H and O–H groups in total. The standard InChI is InChI=1S/C8H3F6S2/c9-7(10,11)15-5-2-1-3-6(4-5)16-8(12,13)14/h1-3H. The second-order valence-electron chi connectivity index (χ2n) is 2.47. The molecule has 8 heteroatoms. The van der Waals surface area contributed by atoms with Gasteiger partial charge in [-0.1, -0.05) is 6.07 Å². The van der Waals surface area contributed by atoms with Crippen LogP contribution in [-0.4, -0.2) is 11.0 Å². The summed E-state index contributed by atoms with van der Waals surface area (Å²) in [7, 11) is 0. The van der Waals surface area contributed by atoms with E-state index in [1.807, 2.05) is 6.07 Å². The molecule has 0 atom stereocenters. The highest BCUT2D eigenvalue weighted by atomic mass is 32.2. The van der Waals surface area contributed by atoms with Gasteiger partial charge in [0.25, 0.3) is 0 Å². The predicted molar refractivity (Wildman–Crippen MR) is 49.1 cm³/mol. The van der Waals surface area contributed by atoms with E-state index in [2.05, 4.69) is 0 Å². The Bertz CT molecular complexity index is 325. The van der Waals surface area contributed by atoms with Gasteiger partial charge in [-0.3, -0.25) is 0 Å². The Balaban J connectivity index is 2.79. The maximum atomic E-state index is 11.9. The third kappa shape index (κ3) is 5.55. The molecule has 0 aliphatic carbocycles. The Kier molecular flexibility index (Phi) is 4.06. The SMILES string of the molecule is FC(F)(F)Sc1[c]c(SC(F)(F)F)ccc1. The molecule has 0 aromatic heterocycles. The molecule has 0 heterocycles. The monoisotopic (exact) mass is 277 g/mol. The third-order valence-corrected chi connectivity index (χ3v) is 2.57. The van der Waals surface area contributed by atoms with Crippen molar-refractivity contribution in [3.8, 4) is 0 Å². The van der Waals surface area contributed by atoms with Crippen molar-refractivity contribution >= 4 is 23.5 Å². The van der Waals surface area contributed by atoms with E-state index in [0.29, 0.717) is 0 Å². The smallest absolute Gasteiger partial charge is 0.160 e. The van der Waals surface area contributed by atoms with Crippen molar-refractivity contribution in [1.29, 1.82) is 0 Å². The summed E-state index contributed by atoms with van der Waals surface area (Å²) < 4.78 is 71.5. The van der Waals surface area contributed by atoms with Crippen LogP contribution in [0.2, 0.25) is 0 Å². The van der Waals surface area contributed by atoms with Gasteiger partial charge < -0.3 is 0 Å². The Morgan fingerprint density at radius 1 is 0.812 bits per heavy atom. The fraction of sp³-hybridized carbons (Fsp3) is 0.250. The first kappa shape index (κ1) is 13.6. The van der Waals surface area contributed by atoms with E-state index < -0.39 is 34.5 Å². The lowest BCUT2D eigenvalue weighted by Gasteiger charge is -2.08. The van der Waals surface area contributed by atoms with Crippen LogP contribution in [0.1, 0.15) is 0 Å². The van der Waals surface area contributed by atoms with Crippen molar-refractivity contribution in [2.45, 2.75) is 20.8 Å². The van der Waals surface area contributed by atoms with Gasteiger partial charge in [-0.05, 0) is 35.7 Å². The van der Waals surface area contributed by atoms with E-state index in [4.69, 9.17) is 0 Å². The molecule has 0 saturated carbocycles. The molecule has 89 valence electrons. The maximum absolute atomic E-state index is 11.9. The number of halogens is 6. The summed E-state index contributed by atoms with van der Waals surface area (Å²) in [6.45, 7) is 0. The zero-order chi connectivity index (χ0) is 12.4. The van der Waals surface area contributed by atoms with Crippen LogP contribution in [0.3, 0.4) is 0 Å². The molecule has 0 unspecified atom stereocenters. The normalized spacial score (nSPS) is 12.9. The van der Waals surface area contributed by atoms with Gasteiger partial charge in [0, 0.05) is 15.9 Å². The van der Waals surface area contributed by atoms with Crippen LogP contribution in [-0.2, 0) is 0 Å². The highest BCUT2D eigenvalue weighted by Gasteiger charge is 2.31. The van der Waals surface area contributed by atoms with Crippen molar-refractivity contribution in [1.82, 2.24) is 0 Å². The molecule has 1 radical (unpaired) electrons. The number of alkyl halides is 6. The lowest BCUT2D eigenvalue weighted by molar-refractivity contribution is -0.0334. The van der Waals surface area contributed by atoms with Gasteiger partial charge in [0.1, 0.15) is 0 Å². The van der Waals surface area contributed by atoms with Crippen molar-refractivity contribution in [2.24, 2.45) is 0 Å². The summed E-state index contributed by atoms with van der Waals surface area (Å²) in [5.74, 6) is 0. The van der Waals surface area contributed by atoms with Crippen molar-refractivity contribution in [3.63, 3.8) is 0 Å². The number of hydrogen-bond acceptors (Lipinski definition) is 2. The van der Waals surface area contributed by atoms with Crippen LogP contribution in [0.15, 0.2) is 28.0 Å². The average Bonchev–Trinajstić information content (AvgIpc) is 1.96. The molecule has 0 nitrogen and oxygen atoms in total. The van der Waals surface area contributed by atoms with Gasteiger partial charge in [-0.2, -0.15) is 26.3 Å². The molecule has 0 saturated heterocycles. The van der Waals surface area contributed by atoms with Crippen molar-refractivity contribution in [3.05, 3.63) is 24.3 Å². The quantitative estimate of drug-likeness (QED) is 0.567. The zero-order valence-electron chi connectivity index (χ0n) is 7.32. The lowest BCUT2D eigenvalue weighted by Crippen LogP contribution is -2.01. The highest BCUT2D eigenvalue weighted by molar-refractivity contribution is 8.00. The van der Waals surface area contributed by atoms with Gasteiger partial charge in [0.05, 0.1) is 0 Å². The van der Waals surface area contributed by atoms with Crippen molar-refractivity contribution in [2.75, 3.05) is 0 Å². The summed E-state index contributed by atoms with van der Waals surface area (Å²) >= 11 is -0.991. The molecule has 16 heavy (non-hydrogen) atoms. The Hall–Kier alpha value is -0.500. The first-order valence-corrected chi connectivity index (χ1v) is 5.33. The fourth-order valence-corrected chi connectivity index (χ4v) is 1.97. The summed E-state index contributed by atoms with van der Waals surface area (Å²) in [5, 5.41) is 0. The van der Waals surface area contributed by atoms with E-state index in [1.54, 1.807) is 0 Å². The predicted octanol–water partition coefficient (Wildman–Crippen LogP) is 4.71. The van der Waals surface area contributed by atoms with E-state index >= 15 is 0 Å². The summed E-state index contributed by atoms with van der Waals surface area (Å²) in [4.78, 5) is -0.775. The Labute approximate surface area is 95.4 Å². The highest BCUT2D eigenvalue weighted by Crippen LogP contribution is 2.40. The molecule has 0 amide bonds. The second-order valence-corrected chi connectivity index (χ2v) is 4.69. The maximum Gasteiger partial charge on any atom is 0.446 e. The van der Waals surface area contributed by atoms with Crippen LogP contribution in [0.5, 0.6) is 0 Å². The molecule has 0 spiro atoms. The molecule has 0 bridgehead atoms. The number of benzene rings is 1. The lowest BCUT2D eigenvalue weighted by atomic mass is 10.4. The Morgan fingerprint density at radius 2 is 1.19 bits per heavy atom. The summed E-state index contributed by atoms with van der Waals surface area (Å²) in [6.07, 6.45) is 0. The van der Waals surface area contributed by atoms with Crippen LogP contribution in [0, 0.1) is 6.07 Å². The van der Waals surface area contributed by atoms with Gasteiger partial charge in [0.15, 0.2) is 0 Å². The third-order valence-electron chi connectivity index (χ3n) is 1.19. The van der Waals surface area contributed by atoms with Crippen LogP contribution in [0.4, 0.5) is 26.3 Å².